The van der Waals surface area contributed by atoms with Crippen LogP contribution < -0.4 is 16.0 Å². The van der Waals surface area contributed by atoms with E-state index in [-0.39, 0.29) is 29.2 Å². The van der Waals surface area contributed by atoms with Gasteiger partial charge in [-0.1, -0.05) is 13.8 Å². The molecule has 0 aliphatic rings. The maximum absolute atomic E-state index is 15.0. The van der Waals surface area contributed by atoms with Crippen molar-refractivity contribution in [1.82, 2.24) is 20.1 Å². The molecule has 2 aromatic heterocycles. The molecule has 0 fully saturated rings. The van der Waals surface area contributed by atoms with Crippen molar-refractivity contribution in [3.05, 3.63) is 41.8 Å². The number of hydrogen-bond acceptors (Lipinski definition) is 7. The predicted molar refractivity (Wildman–Crippen MR) is 139 cm³/mol. The number of aryl methyl sites for hydroxylation is 1. The number of carbonyl (C=O) groups excluding carboxylic acids is 1. The Balaban J connectivity index is 1.87. The van der Waals surface area contributed by atoms with Gasteiger partial charge in [-0.05, 0) is 64.8 Å². The van der Waals surface area contributed by atoms with Crippen molar-refractivity contribution in [2.24, 2.45) is 5.92 Å². The van der Waals surface area contributed by atoms with Crippen molar-refractivity contribution < 1.29 is 13.9 Å². The fourth-order valence-corrected chi connectivity index (χ4v) is 3.92. The molecule has 192 valence electrons. The molecular weight excluding hydrogens is 461 g/mol. The Morgan fingerprint density at radius 3 is 2.56 bits per heavy atom. The molecule has 3 rings (SSSR count). The van der Waals surface area contributed by atoms with E-state index in [2.05, 4.69) is 26.0 Å². The van der Waals surface area contributed by atoms with Gasteiger partial charge in [-0.2, -0.15) is 10.4 Å². The van der Waals surface area contributed by atoms with Crippen molar-refractivity contribution in [1.29, 1.82) is 5.26 Å². The first-order chi connectivity index (χ1) is 16.9. The largest absolute Gasteiger partial charge is 0.444 e. The highest BCUT2D eigenvalue weighted by molar-refractivity contribution is 5.83. The van der Waals surface area contributed by atoms with Gasteiger partial charge in [0.2, 0.25) is 0 Å². The van der Waals surface area contributed by atoms with Crippen molar-refractivity contribution in [2.45, 2.75) is 72.7 Å². The van der Waals surface area contributed by atoms with Crippen molar-refractivity contribution in [3.63, 3.8) is 0 Å². The lowest BCUT2D eigenvalue weighted by atomic mass is 9.97. The highest BCUT2D eigenvalue weighted by Crippen LogP contribution is 2.27. The van der Waals surface area contributed by atoms with Crippen LogP contribution in [0.25, 0.3) is 10.9 Å². The van der Waals surface area contributed by atoms with Crippen LogP contribution in [0.1, 0.15) is 54.0 Å². The van der Waals surface area contributed by atoms with E-state index in [1.807, 2.05) is 56.6 Å². The zero-order valence-electron chi connectivity index (χ0n) is 21.8. The SMILES string of the molecule is CCn1ncc2ccc(Nc3nc(N[C@H](C(C)C)[C@H](C)NC(=O)OC(C)(C)C)c(F)cc3C#N)cc21. The van der Waals surface area contributed by atoms with Crippen molar-refractivity contribution in [3.8, 4) is 6.07 Å². The third-order valence-electron chi connectivity index (χ3n) is 5.61. The molecule has 2 atom stereocenters. The van der Waals surface area contributed by atoms with E-state index < -0.39 is 23.6 Å². The topological polar surface area (TPSA) is 117 Å². The van der Waals surface area contributed by atoms with Gasteiger partial charge in [0.15, 0.2) is 17.5 Å². The summed E-state index contributed by atoms with van der Waals surface area (Å²) in [5.74, 6) is -0.446. The second-order valence-corrected chi connectivity index (χ2v) is 10.0. The fourth-order valence-electron chi connectivity index (χ4n) is 3.92. The summed E-state index contributed by atoms with van der Waals surface area (Å²) in [7, 11) is 0. The van der Waals surface area contributed by atoms with E-state index in [0.29, 0.717) is 12.2 Å². The molecule has 1 aromatic carbocycles. The number of aromatic nitrogens is 3. The average Bonchev–Trinajstić information content (AvgIpc) is 3.19. The van der Waals surface area contributed by atoms with Gasteiger partial charge >= 0.3 is 6.09 Å². The molecule has 0 unspecified atom stereocenters. The van der Waals surface area contributed by atoms with E-state index in [1.165, 1.54) is 0 Å². The van der Waals surface area contributed by atoms with Gasteiger partial charge in [-0.25, -0.2) is 14.2 Å². The summed E-state index contributed by atoms with van der Waals surface area (Å²) in [4.78, 5) is 16.7. The summed E-state index contributed by atoms with van der Waals surface area (Å²) in [5, 5.41) is 24.0. The van der Waals surface area contributed by atoms with Crippen molar-refractivity contribution >= 4 is 34.3 Å². The Morgan fingerprint density at radius 2 is 1.94 bits per heavy atom. The van der Waals surface area contributed by atoms with Crippen LogP contribution in [0.5, 0.6) is 0 Å². The number of alkyl carbamates (subject to hydrolysis) is 1. The van der Waals surface area contributed by atoms with Crippen LogP contribution >= 0.6 is 0 Å². The lowest BCUT2D eigenvalue weighted by Crippen LogP contribution is -2.49. The van der Waals surface area contributed by atoms with Crippen LogP contribution in [0.15, 0.2) is 30.5 Å². The number of benzene rings is 1. The molecule has 0 aliphatic heterocycles. The number of nitrogens with zero attached hydrogens (tertiary/aromatic N) is 4. The zero-order valence-corrected chi connectivity index (χ0v) is 21.8. The van der Waals surface area contributed by atoms with E-state index >= 15 is 0 Å². The van der Waals surface area contributed by atoms with Gasteiger partial charge in [0.25, 0.3) is 0 Å². The monoisotopic (exact) mass is 495 g/mol. The Kier molecular flexibility index (Phi) is 8.03. The highest BCUT2D eigenvalue weighted by Gasteiger charge is 2.26. The number of hydrogen-bond donors (Lipinski definition) is 3. The minimum atomic E-state index is -0.660. The third-order valence-corrected chi connectivity index (χ3v) is 5.61. The van der Waals surface area contributed by atoms with Gasteiger partial charge in [0.05, 0.1) is 17.3 Å². The van der Waals surface area contributed by atoms with Gasteiger partial charge < -0.3 is 20.7 Å². The van der Waals surface area contributed by atoms with E-state index in [4.69, 9.17) is 4.74 Å². The lowest BCUT2D eigenvalue weighted by Gasteiger charge is -2.31. The Hall–Kier alpha value is -3.87. The Bertz CT molecular complexity index is 1270. The second kappa shape index (κ2) is 10.8. The number of nitriles is 1. The van der Waals surface area contributed by atoms with Crippen LogP contribution in [0.3, 0.4) is 0 Å². The van der Waals surface area contributed by atoms with Crippen LogP contribution in [-0.4, -0.2) is 38.5 Å². The van der Waals surface area contributed by atoms with E-state index in [1.54, 1.807) is 27.0 Å². The van der Waals surface area contributed by atoms with Gasteiger partial charge in [0.1, 0.15) is 11.7 Å². The summed E-state index contributed by atoms with van der Waals surface area (Å²) in [6, 6.07) is 8.07. The maximum Gasteiger partial charge on any atom is 0.407 e. The van der Waals surface area contributed by atoms with Crippen LogP contribution in [0.2, 0.25) is 0 Å². The molecule has 10 heteroatoms. The van der Waals surface area contributed by atoms with Gasteiger partial charge in [-0.3, -0.25) is 4.68 Å². The molecular formula is C26H34FN7O2. The molecule has 9 nitrogen and oxygen atoms in total. The van der Waals surface area contributed by atoms with Crippen LogP contribution in [0, 0.1) is 23.1 Å². The number of halogens is 1. The molecule has 0 aliphatic carbocycles. The van der Waals surface area contributed by atoms with Crippen LogP contribution in [-0.2, 0) is 11.3 Å². The first-order valence-corrected chi connectivity index (χ1v) is 12.0. The smallest absolute Gasteiger partial charge is 0.407 e. The second-order valence-electron chi connectivity index (χ2n) is 10.0. The number of ether oxygens (including phenoxy) is 1. The molecule has 0 spiro atoms. The molecule has 3 aromatic rings. The minimum Gasteiger partial charge on any atom is -0.444 e. The molecule has 0 saturated carbocycles. The average molecular weight is 496 g/mol. The summed E-state index contributed by atoms with van der Waals surface area (Å²) >= 11 is 0. The quantitative estimate of drug-likeness (QED) is 0.375. The first kappa shape index (κ1) is 26.7. The number of pyridine rings is 1. The molecule has 1 amide bonds. The standard InChI is InChI=1S/C26H34FN7O2/c1-8-34-21-12-19(10-9-17(21)14-29-34)31-23-18(13-28)11-20(27)24(33-23)32-22(15(2)3)16(4)30-25(35)36-26(5,6)7/h9-12,14-16,22H,8H2,1-7H3,(H,30,35)(H2,31,32,33)/t16-,22+/m0/s1. The molecule has 3 N–H and O–H groups in total. The number of anilines is 3. The van der Waals surface area contributed by atoms with E-state index in [9.17, 15) is 14.4 Å². The lowest BCUT2D eigenvalue weighted by molar-refractivity contribution is 0.0500. The number of nitrogens with one attached hydrogen (secondary N) is 3. The summed E-state index contributed by atoms with van der Waals surface area (Å²) < 4.78 is 22.2. The summed E-state index contributed by atoms with van der Waals surface area (Å²) in [6.45, 7) is 13.8. The molecule has 0 saturated heterocycles. The first-order valence-electron chi connectivity index (χ1n) is 12.0. The third kappa shape index (κ3) is 6.42. The highest BCUT2D eigenvalue weighted by atomic mass is 19.1. The molecule has 0 radical (unpaired) electrons. The Morgan fingerprint density at radius 1 is 1.22 bits per heavy atom. The summed E-state index contributed by atoms with van der Waals surface area (Å²) in [6.07, 6.45) is 1.24. The zero-order chi connectivity index (χ0) is 26.6. The number of rotatable bonds is 8. The van der Waals surface area contributed by atoms with Crippen molar-refractivity contribution in [2.75, 3.05) is 10.6 Å². The normalized spacial score (nSPS) is 13.2. The molecule has 0 bridgehead atoms. The number of amides is 1. The van der Waals surface area contributed by atoms with Crippen LogP contribution in [0.4, 0.5) is 26.5 Å². The number of fused-ring (bicyclic) bond motifs is 1. The summed E-state index contributed by atoms with van der Waals surface area (Å²) in [5.41, 5.74) is 1.07. The maximum atomic E-state index is 15.0. The Labute approximate surface area is 211 Å². The minimum absolute atomic E-state index is 0.0138. The molecule has 2 heterocycles. The van der Waals surface area contributed by atoms with E-state index in [0.717, 1.165) is 17.0 Å². The molecule has 36 heavy (non-hydrogen) atoms. The van der Waals surface area contributed by atoms with Gasteiger partial charge in [-0.15, -0.1) is 0 Å². The fraction of sp³-hybridized carbons (Fsp3) is 0.462. The van der Waals surface area contributed by atoms with Gasteiger partial charge in [0, 0.05) is 29.7 Å². The predicted octanol–water partition coefficient (Wildman–Crippen LogP) is 5.56. The number of carbonyl (C=O) groups is 1.